The van der Waals surface area contributed by atoms with Crippen molar-refractivity contribution in [1.82, 2.24) is 9.38 Å². The summed E-state index contributed by atoms with van der Waals surface area (Å²) in [6, 6.07) is 15.8. The number of hydrogen-bond acceptors (Lipinski definition) is 4. The smallest absolute Gasteiger partial charge is 0.163 e. The Kier molecular flexibility index (Phi) is 4.06. The van der Waals surface area contributed by atoms with E-state index in [0.717, 1.165) is 5.69 Å². The van der Waals surface area contributed by atoms with Gasteiger partial charge in [0.15, 0.2) is 11.5 Å². The SMILES string of the molecule is Fc1cccc(Cl)c1-c1nc2ccccn2c1Nc1ccc2c(c1)OCCO2. The van der Waals surface area contributed by atoms with Crippen LogP contribution in [0.5, 0.6) is 11.5 Å². The van der Waals surface area contributed by atoms with Gasteiger partial charge >= 0.3 is 0 Å². The number of imidazole rings is 1. The van der Waals surface area contributed by atoms with Crippen LogP contribution in [0.3, 0.4) is 0 Å². The third-order valence-electron chi connectivity index (χ3n) is 4.53. The molecule has 3 heterocycles. The molecule has 0 atom stereocenters. The number of pyridine rings is 1. The lowest BCUT2D eigenvalue weighted by atomic mass is 10.1. The van der Waals surface area contributed by atoms with E-state index < -0.39 is 5.82 Å². The molecule has 140 valence electrons. The first-order valence-corrected chi connectivity index (χ1v) is 9.16. The van der Waals surface area contributed by atoms with Crippen molar-refractivity contribution in [3.05, 3.63) is 71.6 Å². The normalized spacial score (nSPS) is 12.9. The third-order valence-corrected chi connectivity index (χ3v) is 4.85. The fourth-order valence-corrected chi connectivity index (χ4v) is 3.52. The average Bonchev–Trinajstić information content (AvgIpc) is 3.06. The molecule has 1 aliphatic rings. The summed E-state index contributed by atoms with van der Waals surface area (Å²) in [5.41, 5.74) is 2.14. The van der Waals surface area contributed by atoms with E-state index in [0.29, 0.717) is 46.9 Å². The number of aromatic nitrogens is 2. The molecule has 4 aromatic rings. The second kappa shape index (κ2) is 6.73. The zero-order valence-corrected chi connectivity index (χ0v) is 15.4. The Morgan fingerprint density at radius 3 is 2.71 bits per heavy atom. The van der Waals surface area contributed by atoms with Crippen LogP contribution in [0.2, 0.25) is 5.02 Å². The molecular formula is C21H15ClFN3O2. The summed E-state index contributed by atoms with van der Waals surface area (Å²) >= 11 is 6.31. The minimum absolute atomic E-state index is 0.257. The van der Waals surface area contributed by atoms with Gasteiger partial charge in [0.1, 0.15) is 36.2 Å². The molecule has 7 heteroatoms. The fraction of sp³-hybridized carbons (Fsp3) is 0.0952. The van der Waals surface area contributed by atoms with Crippen LogP contribution < -0.4 is 14.8 Å². The first-order valence-electron chi connectivity index (χ1n) is 8.79. The summed E-state index contributed by atoms with van der Waals surface area (Å²) in [4.78, 5) is 4.61. The minimum atomic E-state index is -0.430. The Balaban J connectivity index is 1.66. The highest BCUT2D eigenvalue weighted by atomic mass is 35.5. The highest BCUT2D eigenvalue weighted by molar-refractivity contribution is 6.33. The summed E-state index contributed by atoms with van der Waals surface area (Å²) in [5, 5.41) is 3.64. The lowest BCUT2D eigenvalue weighted by Crippen LogP contribution is -2.15. The molecule has 0 spiro atoms. The summed E-state index contributed by atoms with van der Waals surface area (Å²) in [6.07, 6.45) is 1.86. The van der Waals surface area contributed by atoms with Gasteiger partial charge in [-0.25, -0.2) is 9.37 Å². The average molecular weight is 396 g/mol. The zero-order chi connectivity index (χ0) is 19.1. The lowest BCUT2D eigenvalue weighted by molar-refractivity contribution is 0.171. The van der Waals surface area contributed by atoms with Crippen molar-refractivity contribution in [1.29, 1.82) is 0 Å². The molecule has 5 nitrogen and oxygen atoms in total. The Hall–Kier alpha value is -3.25. The first kappa shape index (κ1) is 16.9. The van der Waals surface area contributed by atoms with Gasteiger partial charge in [-0.2, -0.15) is 0 Å². The molecule has 0 amide bonds. The summed E-state index contributed by atoms with van der Waals surface area (Å²) in [7, 11) is 0. The second-order valence-electron chi connectivity index (χ2n) is 6.32. The molecule has 0 aliphatic carbocycles. The van der Waals surface area contributed by atoms with E-state index in [1.807, 2.05) is 47.0 Å². The van der Waals surface area contributed by atoms with Gasteiger partial charge < -0.3 is 14.8 Å². The number of ether oxygens (including phenoxy) is 2. The monoisotopic (exact) mass is 395 g/mol. The molecule has 0 bridgehead atoms. The van der Waals surface area contributed by atoms with E-state index >= 15 is 0 Å². The summed E-state index contributed by atoms with van der Waals surface area (Å²) < 4.78 is 27.7. The van der Waals surface area contributed by atoms with Crippen LogP contribution in [0.1, 0.15) is 0 Å². The van der Waals surface area contributed by atoms with Crippen LogP contribution in [0.15, 0.2) is 60.8 Å². The number of benzene rings is 2. The molecule has 28 heavy (non-hydrogen) atoms. The molecule has 0 saturated heterocycles. The molecule has 0 unspecified atom stereocenters. The van der Waals surface area contributed by atoms with Crippen LogP contribution in [0, 0.1) is 5.82 Å². The molecule has 2 aromatic heterocycles. The Morgan fingerprint density at radius 2 is 1.86 bits per heavy atom. The van der Waals surface area contributed by atoms with Crippen molar-refractivity contribution >= 4 is 28.8 Å². The molecular weight excluding hydrogens is 381 g/mol. The maximum Gasteiger partial charge on any atom is 0.163 e. The largest absolute Gasteiger partial charge is 0.486 e. The van der Waals surface area contributed by atoms with Crippen molar-refractivity contribution < 1.29 is 13.9 Å². The number of hydrogen-bond donors (Lipinski definition) is 1. The maximum atomic E-state index is 14.6. The fourth-order valence-electron chi connectivity index (χ4n) is 3.27. The van der Waals surface area contributed by atoms with Gasteiger partial charge in [-0.1, -0.05) is 23.7 Å². The molecule has 0 saturated carbocycles. The van der Waals surface area contributed by atoms with Gasteiger partial charge in [0, 0.05) is 18.0 Å². The van der Waals surface area contributed by atoms with Crippen molar-refractivity contribution in [2.24, 2.45) is 0 Å². The van der Waals surface area contributed by atoms with E-state index in [1.54, 1.807) is 12.1 Å². The van der Waals surface area contributed by atoms with E-state index in [-0.39, 0.29) is 5.56 Å². The van der Waals surface area contributed by atoms with E-state index in [1.165, 1.54) is 6.07 Å². The van der Waals surface area contributed by atoms with Gasteiger partial charge in [-0.15, -0.1) is 0 Å². The molecule has 0 fully saturated rings. The number of anilines is 2. The first-order chi connectivity index (χ1) is 13.7. The van der Waals surface area contributed by atoms with Crippen LogP contribution in [0.4, 0.5) is 15.9 Å². The molecule has 1 N–H and O–H groups in total. The van der Waals surface area contributed by atoms with Crippen LogP contribution in [0.25, 0.3) is 16.9 Å². The maximum absolute atomic E-state index is 14.6. The van der Waals surface area contributed by atoms with Gasteiger partial charge in [0.25, 0.3) is 0 Å². The number of halogens is 2. The van der Waals surface area contributed by atoms with Gasteiger partial charge in [0.2, 0.25) is 0 Å². The lowest BCUT2D eigenvalue weighted by Gasteiger charge is -2.19. The zero-order valence-electron chi connectivity index (χ0n) is 14.7. The van der Waals surface area contributed by atoms with Crippen LogP contribution in [-0.4, -0.2) is 22.6 Å². The molecule has 0 radical (unpaired) electrons. The van der Waals surface area contributed by atoms with Crippen LogP contribution in [-0.2, 0) is 0 Å². The highest BCUT2D eigenvalue weighted by Crippen LogP contribution is 2.38. The predicted molar refractivity (Wildman–Crippen MR) is 106 cm³/mol. The standard InChI is InChI=1S/C21H15ClFN3O2/c22-14-4-3-5-15(23)19(14)20-21(26-9-2-1-6-18(26)25-20)24-13-7-8-16-17(12-13)28-11-10-27-16/h1-9,12,24H,10-11H2. The van der Waals surface area contributed by atoms with Crippen molar-refractivity contribution in [3.8, 4) is 22.8 Å². The topological polar surface area (TPSA) is 47.8 Å². The minimum Gasteiger partial charge on any atom is -0.486 e. The number of nitrogens with zero attached hydrogens (tertiary/aromatic N) is 2. The van der Waals surface area contributed by atoms with Gasteiger partial charge in [0.05, 0.1) is 10.6 Å². The number of rotatable bonds is 3. The van der Waals surface area contributed by atoms with Gasteiger partial charge in [-0.05, 0) is 36.4 Å². The highest BCUT2D eigenvalue weighted by Gasteiger charge is 2.20. The molecule has 2 aromatic carbocycles. The van der Waals surface area contributed by atoms with E-state index in [9.17, 15) is 4.39 Å². The summed E-state index contributed by atoms with van der Waals surface area (Å²) in [5.74, 6) is 1.54. The van der Waals surface area contributed by atoms with Crippen molar-refractivity contribution in [2.75, 3.05) is 18.5 Å². The van der Waals surface area contributed by atoms with Crippen LogP contribution >= 0.6 is 11.6 Å². The van der Waals surface area contributed by atoms with Crippen molar-refractivity contribution in [3.63, 3.8) is 0 Å². The molecule has 5 rings (SSSR count). The predicted octanol–water partition coefficient (Wildman–Crippen LogP) is 5.31. The van der Waals surface area contributed by atoms with Crippen molar-refractivity contribution in [2.45, 2.75) is 0 Å². The second-order valence-corrected chi connectivity index (χ2v) is 6.73. The van der Waals surface area contributed by atoms with E-state index in [2.05, 4.69) is 10.3 Å². The quantitative estimate of drug-likeness (QED) is 0.510. The Bertz CT molecular complexity index is 1170. The Morgan fingerprint density at radius 1 is 1.00 bits per heavy atom. The summed E-state index contributed by atoms with van der Waals surface area (Å²) in [6.45, 7) is 1.03. The number of nitrogens with one attached hydrogen (secondary N) is 1. The third kappa shape index (κ3) is 2.82. The molecule has 1 aliphatic heterocycles. The van der Waals surface area contributed by atoms with Gasteiger partial charge in [-0.3, -0.25) is 4.40 Å². The number of fused-ring (bicyclic) bond motifs is 2. The Labute approximate surface area is 165 Å². The van der Waals surface area contributed by atoms with E-state index in [4.69, 9.17) is 21.1 Å².